The fourth-order valence-electron chi connectivity index (χ4n) is 9.03. The van der Waals surface area contributed by atoms with Crippen molar-refractivity contribution in [2.45, 2.75) is 88.4 Å². The van der Waals surface area contributed by atoms with Crippen molar-refractivity contribution in [3.05, 3.63) is 120 Å². The summed E-state index contributed by atoms with van der Waals surface area (Å²) in [6, 6.07) is 24.6. The molecule has 12 heteroatoms. The molecule has 1 N–H and O–H groups in total. The van der Waals surface area contributed by atoms with Crippen LogP contribution in [0.15, 0.2) is 114 Å². The molecule has 7 aromatic rings. The van der Waals surface area contributed by atoms with Crippen LogP contribution in [0.1, 0.15) is 82.8 Å². The van der Waals surface area contributed by atoms with E-state index >= 15 is 0 Å². The van der Waals surface area contributed by atoms with E-state index < -0.39 is 6.10 Å². The maximum atomic E-state index is 9.93. The molecule has 2 aliphatic carbocycles. The molecule has 320 valence electrons. The van der Waals surface area contributed by atoms with Crippen LogP contribution in [0.2, 0.25) is 0 Å². The Morgan fingerprint density at radius 1 is 0.597 bits per heavy atom. The third-order valence-electron chi connectivity index (χ3n) is 12.9. The Bertz CT molecular complexity index is 2620. The summed E-state index contributed by atoms with van der Waals surface area (Å²) in [5.74, 6) is 1.90. The summed E-state index contributed by atoms with van der Waals surface area (Å²) >= 11 is 3.46. The molecule has 4 aromatic heterocycles. The Balaban J connectivity index is 0.000000153. The molecule has 2 saturated heterocycles. The fraction of sp³-hybridized carbons (Fsp3) is 0.400. The highest BCUT2D eigenvalue weighted by Crippen LogP contribution is 2.43. The normalized spacial score (nSPS) is 18.8. The van der Waals surface area contributed by atoms with Crippen molar-refractivity contribution in [1.29, 1.82) is 0 Å². The van der Waals surface area contributed by atoms with E-state index in [2.05, 4.69) is 89.4 Å². The third-order valence-corrected chi connectivity index (χ3v) is 13.5. The van der Waals surface area contributed by atoms with Crippen molar-refractivity contribution in [2.75, 3.05) is 39.3 Å². The lowest BCUT2D eigenvalue weighted by Gasteiger charge is -2.30. The number of rotatable bonds is 12. The van der Waals surface area contributed by atoms with Gasteiger partial charge in [0.1, 0.15) is 22.7 Å². The van der Waals surface area contributed by atoms with Gasteiger partial charge in [0.25, 0.3) is 0 Å². The minimum absolute atomic E-state index is 0.00983. The second kappa shape index (κ2) is 17.6. The SMILES string of the molecule is Brc1cnn2cc(-c3ccc(OC4(CN5CCCCC5)CC4)cc3)cnc12.CC(O)c1cccc(-c2cnn3cc(-c4ccc(OC5(CN6CCCCC6)CC5)cc4)cnc23)c1. The zero-order valence-electron chi connectivity index (χ0n) is 35.5. The molecule has 0 amide bonds. The maximum absolute atomic E-state index is 9.93. The van der Waals surface area contributed by atoms with E-state index in [1.54, 1.807) is 17.6 Å². The largest absolute Gasteiger partial charge is 0.486 e. The Kier molecular flexibility index (Phi) is 11.6. The quantitative estimate of drug-likeness (QED) is 0.128. The van der Waals surface area contributed by atoms with Crippen LogP contribution in [0.4, 0.5) is 0 Å². The van der Waals surface area contributed by atoms with E-state index in [0.29, 0.717) is 0 Å². The zero-order valence-corrected chi connectivity index (χ0v) is 37.1. The molecule has 1 atom stereocenters. The lowest BCUT2D eigenvalue weighted by Crippen LogP contribution is -2.40. The first-order chi connectivity index (χ1) is 30.3. The highest BCUT2D eigenvalue weighted by Gasteiger charge is 2.47. The number of ether oxygens (including phenoxy) is 2. The van der Waals surface area contributed by atoms with Gasteiger partial charge in [-0.05, 0) is 153 Å². The van der Waals surface area contributed by atoms with E-state index in [-0.39, 0.29) is 11.2 Å². The minimum Gasteiger partial charge on any atom is -0.486 e. The molecule has 1 unspecified atom stereocenters. The molecule has 11 nitrogen and oxygen atoms in total. The number of aliphatic hydroxyl groups excluding tert-OH is 1. The smallest absolute Gasteiger partial charge is 0.169 e. The first-order valence-corrected chi connectivity index (χ1v) is 23.2. The van der Waals surface area contributed by atoms with E-state index in [1.807, 2.05) is 59.8 Å². The van der Waals surface area contributed by atoms with Gasteiger partial charge in [0.2, 0.25) is 0 Å². The number of aliphatic hydroxyl groups is 1. The standard InChI is InChI=1S/C29H32N4O2.C21H23BrN4O/c1-21(34)23-6-5-7-24(16-23)27-18-31-33-19-25(17-30-28(27)33)22-8-10-26(11-9-22)35-29(12-13-29)20-32-14-3-2-4-15-32;22-19-13-24-26-14-17(12-23-20(19)26)16-4-6-18(7-5-16)27-21(8-9-21)15-25-10-2-1-3-11-25/h5-11,16-19,21,34H,2-4,12-15,20H2,1H3;4-7,12-14H,1-3,8-11,15H2. The number of halogens is 1. The number of piperidine rings is 2. The maximum Gasteiger partial charge on any atom is 0.169 e. The van der Waals surface area contributed by atoms with Gasteiger partial charge >= 0.3 is 0 Å². The molecule has 0 spiro atoms. The molecule has 6 heterocycles. The van der Waals surface area contributed by atoms with Crippen LogP contribution in [0.3, 0.4) is 0 Å². The highest BCUT2D eigenvalue weighted by atomic mass is 79.9. The van der Waals surface area contributed by atoms with Crippen LogP contribution < -0.4 is 9.47 Å². The number of hydrogen-bond acceptors (Lipinski definition) is 9. The van der Waals surface area contributed by atoms with Crippen LogP contribution in [-0.2, 0) is 0 Å². The van der Waals surface area contributed by atoms with Gasteiger partial charge in [-0.1, -0.05) is 55.3 Å². The Morgan fingerprint density at radius 3 is 1.61 bits per heavy atom. The monoisotopic (exact) mass is 894 g/mol. The number of benzene rings is 3. The molecule has 11 rings (SSSR count). The highest BCUT2D eigenvalue weighted by molar-refractivity contribution is 9.10. The lowest BCUT2D eigenvalue weighted by atomic mass is 10.0. The predicted octanol–water partition coefficient (Wildman–Crippen LogP) is 10.1. The molecule has 3 aromatic carbocycles. The van der Waals surface area contributed by atoms with Crippen LogP contribution in [0.25, 0.3) is 44.7 Å². The van der Waals surface area contributed by atoms with Crippen molar-refractivity contribution in [3.63, 3.8) is 0 Å². The van der Waals surface area contributed by atoms with E-state index in [0.717, 1.165) is 92.1 Å². The molecule has 2 saturated carbocycles. The summed E-state index contributed by atoms with van der Waals surface area (Å²) in [5.41, 5.74) is 8.75. The molecule has 0 radical (unpaired) electrons. The zero-order chi connectivity index (χ0) is 42.1. The Labute approximate surface area is 371 Å². The number of likely N-dealkylation sites (tertiary alicyclic amines) is 2. The molecule has 4 aliphatic rings. The van der Waals surface area contributed by atoms with Gasteiger partial charge in [-0.15, -0.1) is 0 Å². The minimum atomic E-state index is -0.511. The second-order valence-corrected chi connectivity index (χ2v) is 18.7. The fourth-order valence-corrected chi connectivity index (χ4v) is 9.41. The van der Waals surface area contributed by atoms with Gasteiger partial charge in [-0.2, -0.15) is 10.2 Å². The van der Waals surface area contributed by atoms with Crippen molar-refractivity contribution >= 4 is 27.2 Å². The first kappa shape index (κ1) is 40.9. The van der Waals surface area contributed by atoms with Gasteiger partial charge in [-0.3, -0.25) is 9.80 Å². The van der Waals surface area contributed by atoms with Crippen molar-refractivity contribution in [3.8, 4) is 44.9 Å². The number of aromatic nitrogens is 6. The summed E-state index contributed by atoms with van der Waals surface area (Å²) in [5, 5.41) is 18.8. The average molecular weight is 896 g/mol. The molecule has 0 bridgehead atoms. The summed E-state index contributed by atoms with van der Waals surface area (Å²) in [7, 11) is 0. The number of nitrogens with zero attached hydrogens (tertiary/aromatic N) is 8. The van der Waals surface area contributed by atoms with Crippen LogP contribution in [0.5, 0.6) is 11.5 Å². The molecule has 62 heavy (non-hydrogen) atoms. The Morgan fingerprint density at radius 2 is 1.10 bits per heavy atom. The Hall–Kier alpha value is -5.14. The topological polar surface area (TPSA) is 106 Å². The van der Waals surface area contributed by atoms with Gasteiger partial charge in [0.15, 0.2) is 11.3 Å². The number of fused-ring (bicyclic) bond motifs is 2. The second-order valence-electron chi connectivity index (χ2n) is 17.9. The summed E-state index contributed by atoms with van der Waals surface area (Å²) in [6.07, 6.45) is 23.5. The summed E-state index contributed by atoms with van der Waals surface area (Å²) in [6.45, 7) is 8.77. The third kappa shape index (κ3) is 9.29. The molecular weight excluding hydrogens is 841 g/mol. The van der Waals surface area contributed by atoms with Gasteiger partial charge in [0, 0.05) is 54.6 Å². The van der Waals surface area contributed by atoms with Crippen LogP contribution >= 0.6 is 15.9 Å². The first-order valence-electron chi connectivity index (χ1n) is 22.4. The number of hydrogen-bond donors (Lipinski definition) is 1. The average Bonchev–Trinajstić information content (AvgIpc) is 4.16. The molecule has 2 aliphatic heterocycles. The van der Waals surface area contributed by atoms with E-state index in [4.69, 9.17) is 14.5 Å². The predicted molar refractivity (Wildman–Crippen MR) is 246 cm³/mol. The van der Waals surface area contributed by atoms with Gasteiger partial charge in [0.05, 0.1) is 23.0 Å². The van der Waals surface area contributed by atoms with Crippen LogP contribution in [-0.4, -0.2) is 94.6 Å². The van der Waals surface area contributed by atoms with Crippen molar-refractivity contribution in [1.82, 2.24) is 39.0 Å². The van der Waals surface area contributed by atoms with Crippen molar-refractivity contribution < 1.29 is 14.6 Å². The van der Waals surface area contributed by atoms with E-state index in [9.17, 15) is 5.11 Å². The summed E-state index contributed by atoms with van der Waals surface area (Å²) in [4.78, 5) is 14.4. The molecule has 4 fully saturated rings. The van der Waals surface area contributed by atoms with Gasteiger partial charge in [-0.25, -0.2) is 19.0 Å². The van der Waals surface area contributed by atoms with Gasteiger partial charge < -0.3 is 14.6 Å². The van der Waals surface area contributed by atoms with Crippen LogP contribution in [0, 0.1) is 0 Å². The summed E-state index contributed by atoms with van der Waals surface area (Å²) < 4.78 is 17.4. The van der Waals surface area contributed by atoms with Crippen molar-refractivity contribution in [2.24, 2.45) is 0 Å². The lowest BCUT2D eigenvalue weighted by molar-refractivity contribution is 0.101. The van der Waals surface area contributed by atoms with E-state index in [1.165, 1.54) is 77.5 Å². The molecular formula is C50H55BrN8O3.